The quantitative estimate of drug-likeness (QED) is 0.586. The molecule has 0 spiro atoms. The molecular formula is C24H29N4O2+. The van der Waals surface area contributed by atoms with Crippen molar-refractivity contribution in [2.75, 3.05) is 13.7 Å². The largest absolute Gasteiger partial charge is 0.381 e. The van der Waals surface area contributed by atoms with Crippen LogP contribution in [-0.4, -0.2) is 29.4 Å². The number of nitrogens with zero attached hydrogens (tertiary/aromatic N) is 3. The molecule has 0 aliphatic heterocycles. The third-order valence-corrected chi connectivity index (χ3v) is 6.39. The molecule has 2 atom stereocenters. The van der Waals surface area contributed by atoms with Crippen LogP contribution in [0.3, 0.4) is 0 Å². The number of carbonyl (C=O) groups excluding carboxylic acids is 1. The van der Waals surface area contributed by atoms with Crippen LogP contribution < -0.4 is 10.3 Å². The first-order valence-corrected chi connectivity index (χ1v) is 10.5. The topological polar surface area (TPSA) is 74.0 Å². The number of hydrogen-bond acceptors (Lipinski definition) is 3. The fraction of sp³-hybridized carbons (Fsp3) is 0.375. The Kier molecular flexibility index (Phi) is 5.95. The lowest BCUT2D eigenvalue weighted by molar-refractivity contribution is -0.699. The van der Waals surface area contributed by atoms with Crippen molar-refractivity contribution in [3.05, 3.63) is 84.4 Å². The second kappa shape index (κ2) is 8.79. The second-order valence-corrected chi connectivity index (χ2v) is 8.03. The van der Waals surface area contributed by atoms with Gasteiger partial charge in [-0.1, -0.05) is 60.7 Å². The van der Waals surface area contributed by atoms with E-state index in [4.69, 9.17) is 10.5 Å². The molecule has 2 aromatic carbocycles. The summed E-state index contributed by atoms with van der Waals surface area (Å²) < 4.78 is 9.22. The van der Waals surface area contributed by atoms with Crippen molar-refractivity contribution in [1.82, 2.24) is 9.78 Å². The number of benzene rings is 2. The number of aromatic nitrogens is 3. The van der Waals surface area contributed by atoms with E-state index in [2.05, 4.69) is 5.10 Å². The summed E-state index contributed by atoms with van der Waals surface area (Å²) >= 11 is 0. The molecule has 0 saturated heterocycles. The lowest BCUT2D eigenvalue weighted by atomic mass is 9.64. The Hall–Kier alpha value is -2.99. The van der Waals surface area contributed by atoms with Gasteiger partial charge in [-0.05, 0) is 36.3 Å². The highest BCUT2D eigenvalue weighted by molar-refractivity contribution is 5.91. The molecule has 1 fully saturated rings. The van der Waals surface area contributed by atoms with E-state index in [1.165, 1.54) is 0 Å². The molecular weight excluding hydrogens is 376 g/mol. The van der Waals surface area contributed by atoms with Gasteiger partial charge >= 0.3 is 0 Å². The van der Waals surface area contributed by atoms with Gasteiger partial charge in [0.05, 0.1) is 13.2 Å². The Morgan fingerprint density at radius 1 is 1.13 bits per heavy atom. The van der Waals surface area contributed by atoms with Gasteiger partial charge in [-0.15, -0.1) is 4.68 Å². The van der Waals surface area contributed by atoms with Crippen molar-refractivity contribution in [2.45, 2.75) is 37.3 Å². The Balaban J connectivity index is 1.69. The van der Waals surface area contributed by atoms with E-state index in [1.807, 2.05) is 82.6 Å². The first kappa shape index (κ1) is 20.3. The van der Waals surface area contributed by atoms with Crippen molar-refractivity contribution in [2.24, 2.45) is 11.7 Å². The summed E-state index contributed by atoms with van der Waals surface area (Å²) in [5, 5.41) is 4.57. The van der Waals surface area contributed by atoms with Crippen LogP contribution in [0.25, 0.3) is 0 Å². The van der Waals surface area contributed by atoms with E-state index in [1.54, 1.807) is 7.11 Å². The molecule has 1 aliphatic rings. The van der Waals surface area contributed by atoms with E-state index >= 15 is 0 Å². The van der Waals surface area contributed by atoms with Gasteiger partial charge < -0.3 is 10.5 Å². The van der Waals surface area contributed by atoms with Gasteiger partial charge in [-0.25, -0.2) is 4.57 Å². The lowest BCUT2D eigenvalue weighted by Gasteiger charge is -2.37. The minimum Gasteiger partial charge on any atom is -0.381 e. The van der Waals surface area contributed by atoms with Crippen LogP contribution in [0, 0.1) is 5.92 Å². The zero-order valence-corrected chi connectivity index (χ0v) is 17.4. The molecule has 0 unspecified atom stereocenters. The Morgan fingerprint density at radius 2 is 1.77 bits per heavy atom. The molecule has 0 bridgehead atoms. The maximum absolute atomic E-state index is 13.2. The van der Waals surface area contributed by atoms with E-state index < -0.39 is 5.41 Å². The predicted molar refractivity (Wildman–Crippen MR) is 114 cm³/mol. The Bertz CT molecular complexity index is 932. The molecule has 0 radical (unpaired) electrons. The molecule has 1 amide bonds. The van der Waals surface area contributed by atoms with E-state index in [0.717, 1.165) is 36.9 Å². The predicted octanol–water partition coefficient (Wildman–Crippen LogP) is 2.63. The van der Waals surface area contributed by atoms with Gasteiger partial charge in [0.2, 0.25) is 12.2 Å². The Morgan fingerprint density at radius 3 is 2.33 bits per heavy atom. The van der Waals surface area contributed by atoms with Crippen LogP contribution in [0.2, 0.25) is 0 Å². The molecule has 1 saturated carbocycles. The Labute approximate surface area is 177 Å². The molecule has 2 N–H and O–H groups in total. The number of ether oxygens (including phenoxy) is 1. The third kappa shape index (κ3) is 3.63. The maximum Gasteiger partial charge on any atom is 0.265 e. The average Bonchev–Trinajstić information content (AvgIpc) is 3.44. The van der Waals surface area contributed by atoms with E-state index in [9.17, 15) is 4.79 Å². The zero-order valence-electron chi connectivity index (χ0n) is 17.4. The highest BCUT2D eigenvalue weighted by atomic mass is 16.5. The smallest absolute Gasteiger partial charge is 0.265 e. The second-order valence-electron chi connectivity index (χ2n) is 8.03. The molecule has 1 heterocycles. The van der Waals surface area contributed by atoms with Gasteiger partial charge in [0.15, 0.2) is 0 Å². The van der Waals surface area contributed by atoms with Crippen LogP contribution in [0.4, 0.5) is 0 Å². The summed E-state index contributed by atoms with van der Waals surface area (Å²) in [7, 11) is 1.70. The van der Waals surface area contributed by atoms with Crippen molar-refractivity contribution in [3.63, 3.8) is 0 Å². The first-order chi connectivity index (χ1) is 14.7. The molecule has 3 aromatic rings. The number of amides is 1. The number of hydrogen-bond donors (Lipinski definition) is 1. The molecule has 1 aliphatic carbocycles. The summed E-state index contributed by atoms with van der Waals surface area (Å²) in [5.74, 6) is -0.192. The number of rotatable bonds is 8. The first-order valence-electron chi connectivity index (χ1n) is 10.5. The molecule has 156 valence electrons. The molecule has 1 aromatic heterocycles. The molecule has 4 rings (SSSR count). The fourth-order valence-electron chi connectivity index (χ4n) is 4.96. The van der Waals surface area contributed by atoms with Crippen LogP contribution in [-0.2, 0) is 21.5 Å². The summed E-state index contributed by atoms with van der Waals surface area (Å²) in [6.45, 7) is 1.42. The van der Waals surface area contributed by atoms with Crippen molar-refractivity contribution in [3.8, 4) is 0 Å². The minimum absolute atomic E-state index is 0.0985. The number of primary amides is 1. The van der Waals surface area contributed by atoms with Crippen molar-refractivity contribution in [1.29, 1.82) is 0 Å². The maximum atomic E-state index is 13.2. The summed E-state index contributed by atoms with van der Waals surface area (Å²) in [6.07, 6.45) is 6.59. The third-order valence-electron chi connectivity index (χ3n) is 6.39. The van der Waals surface area contributed by atoms with Crippen LogP contribution in [0.5, 0.6) is 0 Å². The highest BCUT2D eigenvalue weighted by Crippen LogP contribution is 2.49. The number of nitrogens with two attached hydrogens (primary N) is 1. The standard InChI is InChI=1S/C24H28N4O2/c1-30-15-14-27-17-26-28(18-27)22-13-12-21(16-22)24(23(25)29,19-8-4-2-5-9-19)20-10-6-3-7-11-20/h2-11,17-18,21-22H,12-16H2,1H3,(H-,25,29)/p+1/t21-,22+/m0/s1. The van der Waals surface area contributed by atoms with Crippen LogP contribution in [0.15, 0.2) is 73.3 Å². The SMILES string of the molecule is COCC[n+]1cnn([C@@H]2CC[C@H](C(C(N)=O)(c3ccccc3)c3ccccc3)C2)c1. The number of carbonyl (C=O) groups is 1. The van der Waals surface area contributed by atoms with Gasteiger partial charge in [-0.2, -0.15) is 0 Å². The average molecular weight is 406 g/mol. The lowest BCUT2D eigenvalue weighted by Crippen LogP contribution is -2.47. The number of methoxy groups -OCH3 is 1. The van der Waals surface area contributed by atoms with Crippen molar-refractivity contribution < 1.29 is 14.1 Å². The van der Waals surface area contributed by atoms with E-state index in [0.29, 0.717) is 6.61 Å². The van der Waals surface area contributed by atoms with Gasteiger partial charge in [-0.3, -0.25) is 4.79 Å². The summed E-state index contributed by atoms with van der Waals surface area (Å²) in [6, 6.07) is 20.2. The van der Waals surface area contributed by atoms with Gasteiger partial charge in [0, 0.05) is 12.2 Å². The van der Waals surface area contributed by atoms with Crippen LogP contribution in [0.1, 0.15) is 36.4 Å². The fourth-order valence-corrected chi connectivity index (χ4v) is 4.96. The van der Waals surface area contributed by atoms with Gasteiger partial charge in [0.1, 0.15) is 11.5 Å². The van der Waals surface area contributed by atoms with Gasteiger partial charge in [0.25, 0.3) is 6.33 Å². The zero-order chi connectivity index (χ0) is 21.0. The normalized spacial score (nSPS) is 19.1. The van der Waals surface area contributed by atoms with Crippen LogP contribution >= 0.6 is 0 Å². The minimum atomic E-state index is -0.851. The summed E-state index contributed by atoms with van der Waals surface area (Å²) in [4.78, 5) is 13.2. The monoisotopic (exact) mass is 405 g/mol. The van der Waals surface area contributed by atoms with Crippen molar-refractivity contribution >= 4 is 5.91 Å². The molecule has 6 heteroatoms. The van der Waals surface area contributed by atoms with E-state index in [-0.39, 0.29) is 17.9 Å². The summed E-state index contributed by atoms with van der Waals surface area (Å²) in [5.41, 5.74) is 7.25. The highest BCUT2D eigenvalue weighted by Gasteiger charge is 2.51. The molecule has 30 heavy (non-hydrogen) atoms. The molecule has 6 nitrogen and oxygen atoms in total.